The van der Waals surface area contributed by atoms with Crippen molar-refractivity contribution in [2.75, 3.05) is 0 Å². The smallest absolute Gasteiger partial charge is 0.339 e. The number of ether oxygens (including phenoxy) is 1. The molecule has 0 bridgehead atoms. The van der Waals surface area contributed by atoms with Crippen molar-refractivity contribution in [2.24, 2.45) is 0 Å². The Morgan fingerprint density at radius 2 is 1.79 bits per heavy atom. The summed E-state index contributed by atoms with van der Waals surface area (Å²) in [7, 11) is 0. The van der Waals surface area contributed by atoms with Crippen molar-refractivity contribution in [2.45, 2.75) is 40.2 Å². The van der Waals surface area contributed by atoms with Gasteiger partial charge in [-0.2, -0.15) is 0 Å². The van der Waals surface area contributed by atoms with E-state index in [-0.39, 0.29) is 11.7 Å². The van der Waals surface area contributed by atoms with Crippen LogP contribution in [0.5, 0.6) is 5.75 Å². The number of benzene rings is 2. The topological polar surface area (TPSA) is 39.4 Å². The van der Waals surface area contributed by atoms with Gasteiger partial charge in [0.2, 0.25) is 0 Å². The van der Waals surface area contributed by atoms with Crippen LogP contribution in [0.3, 0.4) is 0 Å². The zero-order valence-electron chi connectivity index (χ0n) is 14.6. The van der Waals surface area contributed by atoms with Crippen LogP contribution < -0.4 is 10.4 Å². The van der Waals surface area contributed by atoms with Gasteiger partial charge in [0.05, 0.1) is 0 Å². The average molecular weight is 322 g/mol. The van der Waals surface area contributed by atoms with Crippen LogP contribution in [-0.4, -0.2) is 0 Å². The Balaban J connectivity index is 2.07. The van der Waals surface area contributed by atoms with Gasteiger partial charge in [-0.1, -0.05) is 37.3 Å². The van der Waals surface area contributed by atoms with Crippen LogP contribution in [0.15, 0.2) is 51.7 Å². The first-order chi connectivity index (χ1) is 11.5. The molecule has 0 saturated heterocycles. The maximum Gasteiger partial charge on any atom is 0.339 e. The molecule has 0 aliphatic rings. The van der Waals surface area contributed by atoms with Crippen LogP contribution in [-0.2, 0) is 6.42 Å². The molecule has 0 aliphatic heterocycles. The SMILES string of the molecule is CCc1cc2c(C)c(C)c(=O)oc2cc1OC(C)c1ccccc1. The van der Waals surface area contributed by atoms with E-state index in [2.05, 4.69) is 13.0 Å². The predicted octanol–water partition coefficient (Wildman–Crippen LogP) is 5.11. The van der Waals surface area contributed by atoms with Crippen molar-refractivity contribution < 1.29 is 9.15 Å². The molecule has 0 N–H and O–H groups in total. The molecule has 3 nitrogen and oxygen atoms in total. The largest absolute Gasteiger partial charge is 0.486 e. The molecule has 0 spiro atoms. The van der Waals surface area contributed by atoms with Crippen LogP contribution in [0.4, 0.5) is 0 Å². The van der Waals surface area contributed by atoms with E-state index in [0.717, 1.165) is 34.2 Å². The van der Waals surface area contributed by atoms with E-state index < -0.39 is 0 Å². The van der Waals surface area contributed by atoms with Gasteiger partial charge in [0.1, 0.15) is 17.4 Å². The van der Waals surface area contributed by atoms with Gasteiger partial charge < -0.3 is 9.15 Å². The van der Waals surface area contributed by atoms with Crippen molar-refractivity contribution in [3.63, 3.8) is 0 Å². The molecule has 0 fully saturated rings. The third kappa shape index (κ3) is 2.94. The van der Waals surface area contributed by atoms with Gasteiger partial charge in [0, 0.05) is 17.0 Å². The molecular formula is C21H22O3. The normalized spacial score (nSPS) is 12.3. The summed E-state index contributed by atoms with van der Waals surface area (Å²) in [5.41, 5.74) is 4.15. The predicted molar refractivity (Wildman–Crippen MR) is 96.8 cm³/mol. The average Bonchev–Trinajstić information content (AvgIpc) is 2.60. The highest BCUT2D eigenvalue weighted by atomic mass is 16.5. The molecule has 24 heavy (non-hydrogen) atoms. The fourth-order valence-electron chi connectivity index (χ4n) is 2.88. The minimum Gasteiger partial charge on any atom is -0.486 e. The quantitative estimate of drug-likeness (QED) is 0.626. The highest BCUT2D eigenvalue weighted by Crippen LogP contribution is 2.31. The van der Waals surface area contributed by atoms with Crippen LogP contribution in [0.2, 0.25) is 0 Å². The van der Waals surface area contributed by atoms with E-state index in [1.54, 1.807) is 6.92 Å². The summed E-state index contributed by atoms with van der Waals surface area (Å²) in [6.07, 6.45) is 0.775. The van der Waals surface area contributed by atoms with Gasteiger partial charge in [0.15, 0.2) is 0 Å². The maximum atomic E-state index is 12.0. The standard InChI is InChI=1S/C21H22O3/c1-5-16-11-18-13(2)14(3)21(22)24-20(18)12-19(16)23-15(4)17-9-7-6-8-10-17/h6-12,15H,5H2,1-4H3. The molecule has 2 aromatic carbocycles. The zero-order chi connectivity index (χ0) is 17.3. The Morgan fingerprint density at radius 3 is 2.46 bits per heavy atom. The van der Waals surface area contributed by atoms with Crippen molar-refractivity contribution >= 4 is 11.0 Å². The molecule has 1 heterocycles. The molecule has 0 saturated carbocycles. The van der Waals surface area contributed by atoms with Crippen molar-refractivity contribution in [3.05, 3.63) is 75.1 Å². The van der Waals surface area contributed by atoms with E-state index >= 15 is 0 Å². The summed E-state index contributed by atoms with van der Waals surface area (Å²) in [6, 6.07) is 14.0. The summed E-state index contributed by atoms with van der Waals surface area (Å²) in [6.45, 7) is 7.88. The first-order valence-electron chi connectivity index (χ1n) is 8.29. The van der Waals surface area contributed by atoms with E-state index in [4.69, 9.17) is 9.15 Å². The fraction of sp³-hybridized carbons (Fsp3) is 0.286. The van der Waals surface area contributed by atoms with Crippen LogP contribution >= 0.6 is 0 Å². The van der Waals surface area contributed by atoms with Gasteiger partial charge in [-0.25, -0.2) is 4.79 Å². The minimum atomic E-state index is -0.286. The molecule has 1 aromatic heterocycles. The Kier molecular flexibility index (Phi) is 4.43. The number of aryl methyl sites for hydroxylation is 2. The number of rotatable bonds is 4. The fourth-order valence-corrected chi connectivity index (χ4v) is 2.88. The van der Waals surface area contributed by atoms with E-state index in [1.165, 1.54) is 0 Å². The maximum absolute atomic E-state index is 12.0. The molecule has 124 valence electrons. The lowest BCUT2D eigenvalue weighted by atomic mass is 10.0. The van der Waals surface area contributed by atoms with Crippen LogP contribution in [0.1, 0.15) is 42.2 Å². The summed E-state index contributed by atoms with van der Waals surface area (Å²) in [5.74, 6) is 0.771. The van der Waals surface area contributed by atoms with Gasteiger partial charge in [-0.3, -0.25) is 0 Å². The lowest BCUT2D eigenvalue weighted by Gasteiger charge is -2.18. The third-order valence-electron chi connectivity index (χ3n) is 4.59. The van der Waals surface area contributed by atoms with Crippen molar-refractivity contribution in [3.8, 4) is 5.75 Å². The number of hydrogen-bond donors (Lipinski definition) is 0. The highest BCUT2D eigenvalue weighted by molar-refractivity contribution is 5.83. The Hall–Kier alpha value is -2.55. The molecule has 1 unspecified atom stereocenters. The molecule has 3 rings (SSSR count). The summed E-state index contributed by atoms with van der Waals surface area (Å²) >= 11 is 0. The van der Waals surface area contributed by atoms with E-state index in [9.17, 15) is 4.79 Å². The molecular weight excluding hydrogens is 300 g/mol. The Labute approximate surface area is 141 Å². The molecule has 0 aliphatic carbocycles. The molecule has 3 heteroatoms. The molecule has 1 atom stereocenters. The van der Waals surface area contributed by atoms with Crippen LogP contribution in [0.25, 0.3) is 11.0 Å². The second-order valence-electron chi connectivity index (χ2n) is 6.12. The summed E-state index contributed by atoms with van der Waals surface area (Å²) in [5, 5.41) is 0.976. The second kappa shape index (κ2) is 6.52. The number of fused-ring (bicyclic) bond motifs is 1. The van der Waals surface area contributed by atoms with Gasteiger partial charge in [0.25, 0.3) is 0 Å². The Morgan fingerprint density at radius 1 is 1.08 bits per heavy atom. The molecule has 0 amide bonds. The monoisotopic (exact) mass is 322 g/mol. The van der Waals surface area contributed by atoms with Crippen molar-refractivity contribution in [1.82, 2.24) is 0 Å². The van der Waals surface area contributed by atoms with E-state index in [0.29, 0.717) is 11.1 Å². The molecule has 3 aromatic rings. The lowest BCUT2D eigenvalue weighted by Crippen LogP contribution is -2.08. The summed E-state index contributed by atoms with van der Waals surface area (Å²) < 4.78 is 11.6. The Bertz CT molecular complexity index is 923. The lowest BCUT2D eigenvalue weighted by molar-refractivity contribution is 0.225. The molecule has 0 radical (unpaired) electrons. The van der Waals surface area contributed by atoms with Gasteiger partial charge in [-0.05, 0) is 49.9 Å². The van der Waals surface area contributed by atoms with E-state index in [1.807, 2.05) is 50.2 Å². The first-order valence-corrected chi connectivity index (χ1v) is 8.29. The minimum absolute atomic E-state index is 0.0767. The third-order valence-corrected chi connectivity index (χ3v) is 4.59. The van der Waals surface area contributed by atoms with Gasteiger partial charge in [-0.15, -0.1) is 0 Å². The van der Waals surface area contributed by atoms with Gasteiger partial charge >= 0.3 is 5.63 Å². The van der Waals surface area contributed by atoms with Crippen LogP contribution in [0, 0.1) is 13.8 Å². The highest BCUT2D eigenvalue weighted by Gasteiger charge is 2.14. The summed E-state index contributed by atoms with van der Waals surface area (Å²) in [4.78, 5) is 12.0. The second-order valence-corrected chi connectivity index (χ2v) is 6.12. The van der Waals surface area contributed by atoms with Crippen molar-refractivity contribution in [1.29, 1.82) is 0 Å². The zero-order valence-corrected chi connectivity index (χ0v) is 14.6. The number of hydrogen-bond acceptors (Lipinski definition) is 3. The first kappa shape index (κ1) is 16.3.